The van der Waals surface area contributed by atoms with Gasteiger partial charge in [0, 0.05) is 26.7 Å². The molecule has 0 aromatic rings. The van der Waals surface area contributed by atoms with Crippen LogP contribution in [0.25, 0.3) is 0 Å². The van der Waals surface area contributed by atoms with Crippen molar-refractivity contribution in [1.29, 1.82) is 0 Å². The molecule has 1 fully saturated rings. The molecule has 82 valence electrons. The maximum absolute atomic E-state index is 11.5. The minimum Gasteiger partial charge on any atom is -0.390 e. The van der Waals surface area contributed by atoms with Crippen molar-refractivity contribution in [1.82, 2.24) is 10.2 Å². The fraction of sp³-hybridized carbons (Fsp3) is 0.889. The van der Waals surface area contributed by atoms with Gasteiger partial charge in [-0.05, 0) is 6.92 Å². The molecule has 0 aromatic carbocycles. The summed E-state index contributed by atoms with van der Waals surface area (Å²) in [6, 6.07) is -0.122. The second-order valence-electron chi connectivity index (χ2n) is 3.43. The molecule has 5 heteroatoms. The molecule has 1 aliphatic heterocycles. The Labute approximate surface area is 84.0 Å². The van der Waals surface area contributed by atoms with E-state index in [2.05, 4.69) is 5.32 Å². The van der Waals surface area contributed by atoms with Crippen molar-refractivity contribution in [3.8, 4) is 0 Å². The second kappa shape index (κ2) is 5.29. The predicted octanol–water partition coefficient (Wildman–Crippen LogP) is -1.19. The van der Waals surface area contributed by atoms with Gasteiger partial charge >= 0.3 is 0 Å². The molecule has 0 saturated carbocycles. The molecule has 0 aromatic heterocycles. The largest absolute Gasteiger partial charge is 0.390 e. The lowest BCUT2D eigenvalue weighted by molar-refractivity contribution is -0.138. The van der Waals surface area contributed by atoms with Crippen molar-refractivity contribution in [3.63, 3.8) is 0 Å². The third-order valence-electron chi connectivity index (χ3n) is 2.47. The van der Waals surface area contributed by atoms with Gasteiger partial charge in [0.25, 0.3) is 0 Å². The number of carbonyl (C=O) groups excluding carboxylic acids is 1. The van der Waals surface area contributed by atoms with Gasteiger partial charge in [-0.3, -0.25) is 4.79 Å². The molecule has 1 saturated heterocycles. The SMILES string of the molecule is CCOCC(=O)N(C)C1CNCC1O. The number of β-amino-alcohol motifs (C(OH)–C–C–N with tert-alkyl or cyclic N) is 1. The van der Waals surface area contributed by atoms with Crippen molar-refractivity contribution in [2.75, 3.05) is 33.4 Å². The van der Waals surface area contributed by atoms with Crippen molar-refractivity contribution >= 4 is 5.91 Å². The van der Waals surface area contributed by atoms with Crippen LogP contribution in [0.1, 0.15) is 6.92 Å². The molecule has 1 amide bonds. The molecular weight excluding hydrogens is 184 g/mol. The Bertz CT molecular complexity index is 198. The van der Waals surface area contributed by atoms with E-state index in [9.17, 15) is 9.90 Å². The summed E-state index contributed by atoms with van der Waals surface area (Å²) in [5.41, 5.74) is 0. The van der Waals surface area contributed by atoms with Crippen molar-refractivity contribution in [3.05, 3.63) is 0 Å². The Hall–Kier alpha value is -0.650. The highest BCUT2D eigenvalue weighted by Crippen LogP contribution is 2.07. The summed E-state index contributed by atoms with van der Waals surface area (Å²) >= 11 is 0. The van der Waals surface area contributed by atoms with E-state index < -0.39 is 6.10 Å². The second-order valence-corrected chi connectivity index (χ2v) is 3.43. The summed E-state index contributed by atoms with van der Waals surface area (Å²) in [6.45, 7) is 3.67. The number of hydrogen-bond acceptors (Lipinski definition) is 4. The first kappa shape index (κ1) is 11.4. The molecule has 0 bridgehead atoms. The number of aliphatic hydroxyl groups excluding tert-OH is 1. The zero-order valence-electron chi connectivity index (χ0n) is 8.69. The van der Waals surface area contributed by atoms with Gasteiger partial charge in [-0.1, -0.05) is 0 Å². The molecule has 0 radical (unpaired) electrons. The molecule has 5 nitrogen and oxygen atoms in total. The first-order valence-electron chi connectivity index (χ1n) is 4.89. The normalized spacial score (nSPS) is 26.5. The van der Waals surface area contributed by atoms with Gasteiger partial charge in [-0.2, -0.15) is 0 Å². The van der Waals surface area contributed by atoms with E-state index in [-0.39, 0.29) is 18.6 Å². The fourth-order valence-corrected chi connectivity index (χ4v) is 1.52. The smallest absolute Gasteiger partial charge is 0.248 e. The highest BCUT2D eigenvalue weighted by molar-refractivity contribution is 5.77. The summed E-state index contributed by atoms with van der Waals surface area (Å²) in [4.78, 5) is 13.1. The molecule has 2 unspecified atom stereocenters. The maximum atomic E-state index is 11.5. The predicted molar refractivity (Wildman–Crippen MR) is 51.9 cm³/mol. The minimum atomic E-state index is -0.467. The van der Waals surface area contributed by atoms with E-state index in [1.807, 2.05) is 6.92 Å². The Morgan fingerprint density at radius 1 is 1.64 bits per heavy atom. The van der Waals surface area contributed by atoms with Crippen LogP contribution in [0.3, 0.4) is 0 Å². The van der Waals surface area contributed by atoms with Crippen molar-refractivity contribution in [2.24, 2.45) is 0 Å². The molecule has 0 spiro atoms. The highest BCUT2D eigenvalue weighted by atomic mass is 16.5. The average Bonchev–Trinajstić information content (AvgIpc) is 2.59. The van der Waals surface area contributed by atoms with Gasteiger partial charge in [0.1, 0.15) is 6.61 Å². The van der Waals surface area contributed by atoms with Crippen molar-refractivity contribution < 1.29 is 14.6 Å². The summed E-state index contributed by atoms with van der Waals surface area (Å²) in [7, 11) is 1.70. The van der Waals surface area contributed by atoms with Crippen LogP contribution >= 0.6 is 0 Å². The van der Waals surface area contributed by atoms with Gasteiger partial charge in [-0.25, -0.2) is 0 Å². The van der Waals surface area contributed by atoms with Gasteiger partial charge in [-0.15, -0.1) is 0 Å². The molecule has 2 N–H and O–H groups in total. The Kier molecular flexibility index (Phi) is 4.31. The average molecular weight is 202 g/mol. The molecule has 1 aliphatic rings. The van der Waals surface area contributed by atoms with Crippen LogP contribution in [-0.4, -0.2) is 61.4 Å². The number of likely N-dealkylation sites (N-methyl/N-ethyl adjacent to an activating group) is 1. The number of aliphatic hydroxyl groups is 1. The number of nitrogens with one attached hydrogen (secondary N) is 1. The van der Waals surface area contributed by atoms with E-state index in [1.165, 1.54) is 0 Å². The quantitative estimate of drug-likeness (QED) is 0.602. The standard InChI is InChI=1S/C9H18N2O3/c1-3-14-6-9(13)11(2)7-4-10-5-8(7)12/h7-8,10,12H,3-6H2,1-2H3. The molecule has 14 heavy (non-hydrogen) atoms. The molecular formula is C9H18N2O3. The summed E-state index contributed by atoms with van der Waals surface area (Å²) in [5.74, 6) is -0.0837. The molecule has 2 atom stereocenters. The zero-order chi connectivity index (χ0) is 10.6. The molecule has 1 rings (SSSR count). The van der Waals surface area contributed by atoms with E-state index >= 15 is 0 Å². The van der Waals surface area contributed by atoms with E-state index in [0.717, 1.165) is 0 Å². The lowest BCUT2D eigenvalue weighted by atomic mass is 10.2. The first-order chi connectivity index (χ1) is 6.66. The van der Waals surface area contributed by atoms with E-state index in [0.29, 0.717) is 19.7 Å². The van der Waals surface area contributed by atoms with Crippen LogP contribution in [0.5, 0.6) is 0 Å². The monoisotopic (exact) mass is 202 g/mol. The van der Waals surface area contributed by atoms with Crippen molar-refractivity contribution in [2.45, 2.75) is 19.1 Å². The minimum absolute atomic E-state index is 0.0837. The number of ether oxygens (including phenoxy) is 1. The molecule has 1 heterocycles. The summed E-state index contributed by atoms with van der Waals surface area (Å²) in [5, 5.41) is 12.6. The first-order valence-corrected chi connectivity index (χ1v) is 4.89. The van der Waals surface area contributed by atoms with Crippen LogP contribution in [0.15, 0.2) is 0 Å². The van der Waals surface area contributed by atoms with Crippen LogP contribution in [0.2, 0.25) is 0 Å². The van der Waals surface area contributed by atoms with E-state index in [4.69, 9.17) is 4.74 Å². The fourth-order valence-electron chi connectivity index (χ4n) is 1.52. The van der Waals surface area contributed by atoms with Crippen LogP contribution < -0.4 is 5.32 Å². The van der Waals surface area contributed by atoms with Crippen LogP contribution in [0, 0.1) is 0 Å². The summed E-state index contributed by atoms with van der Waals surface area (Å²) < 4.78 is 5.02. The van der Waals surface area contributed by atoms with Gasteiger partial charge in [0.15, 0.2) is 0 Å². The molecule has 0 aliphatic carbocycles. The maximum Gasteiger partial charge on any atom is 0.248 e. The number of amides is 1. The Balaban J connectivity index is 2.39. The van der Waals surface area contributed by atoms with Gasteiger partial charge < -0.3 is 20.1 Å². The number of nitrogens with zero attached hydrogens (tertiary/aromatic N) is 1. The third-order valence-corrected chi connectivity index (χ3v) is 2.47. The highest BCUT2D eigenvalue weighted by Gasteiger charge is 2.30. The van der Waals surface area contributed by atoms with Gasteiger partial charge in [0.05, 0.1) is 12.1 Å². The lowest BCUT2D eigenvalue weighted by Crippen LogP contribution is -2.45. The topological polar surface area (TPSA) is 61.8 Å². The number of carbonyl (C=O) groups is 1. The number of rotatable bonds is 4. The Morgan fingerprint density at radius 2 is 2.36 bits per heavy atom. The van der Waals surface area contributed by atoms with Crippen LogP contribution in [0.4, 0.5) is 0 Å². The Morgan fingerprint density at radius 3 is 2.86 bits per heavy atom. The third kappa shape index (κ3) is 2.67. The number of hydrogen-bond donors (Lipinski definition) is 2. The van der Waals surface area contributed by atoms with Gasteiger partial charge in [0.2, 0.25) is 5.91 Å². The lowest BCUT2D eigenvalue weighted by Gasteiger charge is -2.26. The zero-order valence-corrected chi connectivity index (χ0v) is 8.69. The van der Waals surface area contributed by atoms with Crippen LogP contribution in [-0.2, 0) is 9.53 Å². The summed E-state index contributed by atoms with van der Waals surface area (Å²) in [6.07, 6.45) is -0.467. The van der Waals surface area contributed by atoms with E-state index in [1.54, 1.807) is 11.9 Å².